The third-order valence-corrected chi connectivity index (χ3v) is 2.65. The van der Waals surface area contributed by atoms with Gasteiger partial charge in [-0.3, -0.25) is 0 Å². The highest BCUT2D eigenvalue weighted by atomic mass is 15.8. The average Bonchev–Trinajstić information content (AvgIpc) is 2.83. The average molecular weight is 264 g/mol. The van der Waals surface area contributed by atoms with E-state index < -0.39 is 0 Å². The zero-order chi connectivity index (χ0) is 14.8. The van der Waals surface area contributed by atoms with Gasteiger partial charge in [-0.1, -0.05) is 53.0 Å². The second-order valence-electron chi connectivity index (χ2n) is 3.62. The minimum atomic E-state index is 0.0559. The Morgan fingerprint density at radius 3 is 2.21 bits per heavy atom. The number of hydrazine groups is 2. The summed E-state index contributed by atoms with van der Waals surface area (Å²) in [4.78, 5) is 2.11. The smallest absolute Gasteiger partial charge is 0.166 e. The van der Waals surface area contributed by atoms with Gasteiger partial charge in [-0.25, -0.2) is 10.9 Å². The van der Waals surface area contributed by atoms with E-state index in [4.69, 9.17) is 0 Å². The van der Waals surface area contributed by atoms with Crippen molar-refractivity contribution in [2.75, 3.05) is 0 Å². The Kier molecular flexibility index (Phi) is 8.87. The van der Waals surface area contributed by atoms with E-state index in [2.05, 4.69) is 53.5 Å². The molecule has 0 amide bonds. The molecule has 2 aliphatic rings. The lowest BCUT2D eigenvalue weighted by atomic mass is 10.2. The highest BCUT2D eigenvalue weighted by Gasteiger charge is 2.27. The Morgan fingerprint density at radius 1 is 1.32 bits per heavy atom. The van der Waals surface area contributed by atoms with Crippen molar-refractivity contribution in [2.45, 2.75) is 47.3 Å². The van der Waals surface area contributed by atoms with E-state index in [9.17, 15) is 0 Å². The molecule has 108 valence electrons. The van der Waals surface area contributed by atoms with Gasteiger partial charge in [0.25, 0.3) is 0 Å². The molecule has 4 nitrogen and oxygen atoms in total. The predicted octanol–water partition coefficient (Wildman–Crippen LogP) is 3.17. The van der Waals surface area contributed by atoms with Crippen LogP contribution in [0.25, 0.3) is 0 Å². The van der Waals surface area contributed by atoms with Crippen molar-refractivity contribution < 1.29 is 0 Å². The summed E-state index contributed by atoms with van der Waals surface area (Å²) in [5.74, 6) is 0. The molecule has 0 aromatic rings. The molecule has 2 rings (SSSR count). The molecule has 0 saturated carbocycles. The third-order valence-electron chi connectivity index (χ3n) is 2.65. The second kappa shape index (κ2) is 9.55. The molecule has 0 aromatic carbocycles. The van der Waals surface area contributed by atoms with Crippen molar-refractivity contribution in [1.82, 2.24) is 21.3 Å². The highest BCUT2D eigenvalue weighted by Crippen LogP contribution is 2.27. The zero-order valence-corrected chi connectivity index (χ0v) is 12.9. The summed E-state index contributed by atoms with van der Waals surface area (Å²) >= 11 is 0. The van der Waals surface area contributed by atoms with E-state index >= 15 is 0 Å². The van der Waals surface area contributed by atoms with Crippen LogP contribution in [0.15, 0.2) is 48.4 Å². The Bertz CT molecular complexity index is 351. The largest absolute Gasteiger partial charge is 0.314 e. The summed E-state index contributed by atoms with van der Waals surface area (Å²) in [7, 11) is 0. The topological polar surface area (TPSA) is 39.3 Å². The van der Waals surface area contributed by atoms with E-state index in [1.807, 2.05) is 27.7 Å². The molecule has 1 saturated heterocycles. The second-order valence-corrected chi connectivity index (χ2v) is 3.62. The number of allylic oxidation sites excluding steroid dienone is 4. The lowest BCUT2D eigenvalue weighted by molar-refractivity contribution is 0.0708. The van der Waals surface area contributed by atoms with E-state index in [-0.39, 0.29) is 6.29 Å². The van der Waals surface area contributed by atoms with Gasteiger partial charge in [0, 0.05) is 17.8 Å². The molecule has 3 N–H and O–H groups in total. The van der Waals surface area contributed by atoms with Gasteiger partial charge in [0.05, 0.1) is 0 Å². The van der Waals surface area contributed by atoms with Gasteiger partial charge in [0.15, 0.2) is 6.29 Å². The summed E-state index contributed by atoms with van der Waals surface area (Å²) in [6, 6.07) is 0. The Morgan fingerprint density at radius 2 is 1.89 bits per heavy atom. The van der Waals surface area contributed by atoms with Crippen molar-refractivity contribution in [1.29, 1.82) is 0 Å². The van der Waals surface area contributed by atoms with Crippen LogP contribution in [0.1, 0.15) is 41.0 Å². The van der Waals surface area contributed by atoms with Gasteiger partial charge in [-0.15, -0.1) is 0 Å². The summed E-state index contributed by atoms with van der Waals surface area (Å²) in [5, 5.41) is 0. The van der Waals surface area contributed by atoms with E-state index in [0.29, 0.717) is 0 Å². The van der Waals surface area contributed by atoms with Crippen LogP contribution in [0.2, 0.25) is 0 Å². The fraction of sp³-hybridized carbons (Fsp3) is 0.467. The molecule has 1 heterocycles. The number of nitrogens with one attached hydrogen (secondary N) is 3. The van der Waals surface area contributed by atoms with Gasteiger partial charge in [-0.05, 0) is 18.6 Å². The minimum absolute atomic E-state index is 0.0559. The van der Waals surface area contributed by atoms with Gasteiger partial charge >= 0.3 is 0 Å². The molecule has 0 aromatic heterocycles. The molecule has 0 spiro atoms. The first-order chi connectivity index (χ1) is 9.24. The van der Waals surface area contributed by atoms with E-state index in [1.54, 1.807) is 6.08 Å². The Labute approximate surface area is 117 Å². The molecule has 19 heavy (non-hydrogen) atoms. The molecule has 4 heteroatoms. The first-order valence-corrected chi connectivity index (χ1v) is 6.97. The van der Waals surface area contributed by atoms with Crippen molar-refractivity contribution in [3.8, 4) is 0 Å². The molecule has 0 bridgehead atoms. The number of nitrogens with zero attached hydrogens (tertiary/aromatic N) is 1. The summed E-state index contributed by atoms with van der Waals surface area (Å²) in [5.41, 5.74) is 12.3. The molecule has 0 radical (unpaired) electrons. The van der Waals surface area contributed by atoms with Gasteiger partial charge in [0.1, 0.15) is 0 Å². The monoisotopic (exact) mass is 264 g/mol. The maximum atomic E-state index is 3.99. The SMILES string of the molecule is C=CC(=C)N(C1=C(C)C=CC1)C1NNN1.CC.CC. The predicted molar refractivity (Wildman–Crippen MR) is 83.5 cm³/mol. The van der Waals surface area contributed by atoms with Crippen molar-refractivity contribution in [3.63, 3.8) is 0 Å². The number of hydrogen-bond donors (Lipinski definition) is 3. The normalized spacial score (nSPS) is 16.7. The van der Waals surface area contributed by atoms with Crippen LogP contribution in [0, 0.1) is 0 Å². The van der Waals surface area contributed by atoms with E-state index in [0.717, 1.165) is 12.1 Å². The van der Waals surface area contributed by atoms with Crippen LogP contribution in [-0.4, -0.2) is 11.2 Å². The maximum absolute atomic E-state index is 3.99. The number of rotatable bonds is 4. The van der Waals surface area contributed by atoms with Gasteiger partial charge < -0.3 is 4.90 Å². The van der Waals surface area contributed by atoms with Crippen molar-refractivity contribution in [3.05, 3.63) is 48.4 Å². The van der Waals surface area contributed by atoms with Gasteiger partial charge in [0.2, 0.25) is 0 Å². The Balaban J connectivity index is 0.000000741. The van der Waals surface area contributed by atoms with E-state index in [1.165, 1.54) is 11.3 Å². The first kappa shape index (κ1) is 17.6. The summed E-state index contributed by atoms with van der Waals surface area (Å²) < 4.78 is 0. The van der Waals surface area contributed by atoms with Crippen LogP contribution in [-0.2, 0) is 0 Å². The Hall–Kier alpha value is -1.36. The summed E-state index contributed by atoms with van der Waals surface area (Å²) in [6.45, 7) is 17.9. The van der Waals surface area contributed by atoms with Crippen LogP contribution < -0.4 is 16.4 Å². The highest BCUT2D eigenvalue weighted by molar-refractivity contribution is 5.35. The molecule has 1 fully saturated rings. The molecule has 0 atom stereocenters. The quantitative estimate of drug-likeness (QED) is 0.682. The van der Waals surface area contributed by atoms with Crippen LogP contribution in [0.5, 0.6) is 0 Å². The standard InChI is InChI=1S/C11H16N4.2C2H6/c1-4-9(3)15(11-12-14-13-11)10-7-5-6-8(10)2;2*1-2/h4-6,11-14H,1,3,7H2,2H3;2*1-2H3. The molecular formula is C15H28N4. The fourth-order valence-corrected chi connectivity index (χ4v) is 1.75. The van der Waals surface area contributed by atoms with Crippen LogP contribution in [0.4, 0.5) is 0 Å². The lowest BCUT2D eigenvalue weighted by Crippen LogP contribution is -2.74. The van der Waals surface area contributed by atoms with Crippen molar-refractivity contribution in [2.24, 2.45) is 0 Å². The third kappa shape index (κ3) is 4.35. The number of hydrogen-bond acceptors (Lipinski definition) is 4. The first-order valence-electron chi connectivity index (χ1n) is 6.97. The van der Waals surface area contributed by atoms with Crippen LogP contribution >= 0.6 is 0 Å². The fourth-order valence-electron chi connectivity index (χ4n) is 1.75. The molecule has 1 aliphatic heterocycles. The van der Waals surface area contributed by atoms with Crippen molar-refractivity contribution >= 4 is 0 Å². The summed E-state index contributed by atoms with van der Waals surface area (Å²) in [6.07, 6.45) is 7.05. The zero-order valence-electron chi connectivity index (χ0n) is 12.9. The molecular weight excluding hydrogens is 236 g/mol. The van der Waals surface area contributed by atoms with Gasteiger partial charge in [-0.2, -0.15) is 5.53 Å². The van der Waals surface area contributed by atoms with Crippen LogP contribution in [0.3, 0.4) is 0 Å². The molecule has 0 unspecified atom stereocenters. The maximum Gasteiger partial charge on any atom is 0.166 e. The minimum Gasteiger partial charge on any atom is -0.314 e. The molecule has 1 aliphatic carbocycles. The lowest BCUT2D eigenvalue weighted by Gasteiger charge is -2.42.